The van der Waals surface area contributed by atoms with E-state index in [0.29, 0.717) is 5.92 Å². The third kappa shape index (κ3) is 3.31. The van der Waals surface area contributed by atoms with Crippen molar-refractivity contribution in [3.8, 4) is 0 Å². The number of hydrogen-bond donors (Lipinski definition) is 0. The summed E-state index contributed by atoms with van der Waals surface area (Å²) in [6, 6.07) is 8.66. The van der Waals surface area contributed by atoms with Crippen LogP contribution in [0, 0.1) is 5.92 Å². The van der Waals surface area contributed by atoms with Crippen LogP contribution in [0.4, 0.5) is 0 Å². The van der Waals surface area contributed by atoms with Gasteiger partial charge in [-0.05, 0) is 29.5 Å². The fourth-order valence-corrected chi connectivity index (χ4v) is 2.47. The molecule has 19 heavy (non-hydrogen) atoms. The number of nitrogens with zero attached hydrogens (tertiary/aromatic N) is 1. The van der Waals surface area contributed by atoms with E-state index in [1.165, 1.54) is 16.8 Å². The van der Waals surface area contributed by atoms with E-state index in [9.17, 15) is 0 Å². The molecule has 0 spiro atoms. The highest BCUT2D eigenvalue weighted by Gasteiger charge is 2.16. The second-order valence-corrected chi connectivity index (χ2v) is 5.00. The van der Waals surface area contributed by atoms with Gasteiger partial charge in [-0.1, -0.05) is 43.3 Å². The van der Waals surface area contributed by atoms with E-state index in [1.54, 1.807) is 0 Å². The van der Waals surface area contributed by atoms with Crippen LogP contribution in [0.2, 0.25) is 0 Å². The minimum absolute atomic E-state index is 0.666. The normalized spacial score (nSPS) is 20.2. The summed E-state index contributed by atoms with van der Waals surface area (Å²) < 4.78 is 0. The van der Waals surface area contributed by atoms with Crippen molar-refractivity contribution >= 4 is 5.71 Å². The Hall–Kier alpha value is -1.89. The highest BCUT2D eigenvalue weighted by molar-refractivity contribution is 5.93. The van der Waals surface area contributed by atoms with Crippen LogP contribution in [0.5, 0.6) is 0 Å². The maximum Gasteiger partial charge on any atom is 0.0586 e. The Balaban J connectivity index is 0.000000637. The van der Waals surface area contributed by atoms with E-state index >= 15 is 0 Å². The molecule has 0 radical (unpaired) electrons. The van der Waals surface area contributed by atoms with E-state index < -0.39 is 0 Å². The van der Waals surface area contributed by atoms with Crippen LogP contribution in [0.1, 0.15) is 24.5 Å². The summed E-state index contributed by atoms with van der Waals surface area (Å²) in [5.74, 6) is 0.666. The quantitative estimate of drug-likeness (QED) is 0.651. The predicted octanol–water partition coefficient (Wildman–Crippen LogP) is 4.51. The monoisotopic (exact) mass is 251 g/mol. The molecule has 98 valence electrons. The molecule has 1 aromatic carbocycles. The van der Waals surface area contributed by atoms with Crippen molar-refractivity contribution < 1.29 is 0 Å². The zero-order valence-electron chi connectivity index (χ0n) is 11.6. The van der Waals surface area contributed by atoms with Crippen LogP contribution >= 0.6 is 0 Å². The fraction of sp³-hybridized carbons (Fsp3) is 0.278. The third-order valence-corrected chi connectivity index (χ3v) is 3.49. The lowest BCUT2D eigenvalue weighted by atomic mass is 10.0. The molecule has 3 rings (SSSR count). The largest absolute Gasteiger partial charge is 0.257 e. The van der Waals surface area contributed by atoms with Crippen LogP contribution in [-0.4, -0.2) is 5.71 Å². The lowest BCUT2D eigenvalue weighted by Gasteiger charge is -2.08. The van der Waals surface area contributed by atoms with Gasteiger partial charge >= 0.3 is 0 Å². The Kier molecular flexibility index (Phi) is 4.51. The smallest absolute Gasteiger partial charge is 0.0586 e. The number of hydrogen-bond acceptors (Lipinski definition) is 1. The molecule has 0 bridgehead atoms. The van der Waals surface area contributed by atoms with Gasteiger partial charge in [0.25, 0.3) is 0 Å². The van der Waals surface area contributed by atoms with Gasteiger partial charge < -0.3 is 0 Å². The average molecular weight is 251 g/mol. The standard InChI is InChI=1S/C16H17N.C2H4/c1-12-6-8-15(9-7-12)17-16-10-13-4-2-3-5-14(13)11-16;1-2/h2-6,8-9,12H,7,10-11H2,1H3;1-2H2. The Morgan fingerprint density at radius 3 is 2.26 bits per heavy atom. The Labute approximate surface area is 116 Å². The van der Waals surface area contributed by atoms with E-state index in [4.69, 9.17) is 4.99 Å². The SMILES string of the molecule is C=C.CC1C=CC(N=C2Cc3ccccc3C2)=CC1. The molecule has 1 unspecified atom stereocenters. The molecule has 0 fully saturated rings. The molecule has 2 aliphatic carbocycles. The van der Waals surface area contributed by atoms with Crippen molar-refractivity contribution in [2.75, 3.05) is 0 Å². The molecule has 0 N–H and O–H groups in total. The number of benzene rings is 1. The van der Waals surface area contributed by atoms with Gasteiger partial charge in [0.05, 0.1) is 5.70 Å². The van der Waals surface area contributed by atoms with Gasteiger partial charge in [-0.25, -0.2) is 0 Å². The zero-order chi connectivity index (χ0) is 13.7. The Morgan fingerprint density at radius 2 is 1.74 bits per heavy atom. The van der Waals surface area contributed by atoms with Crippen molar-refractivity contribution in [3.63, 3.8) is 0 Å². The third-order valence-electron chi connectivity index (χ3n) is 3.49. The van der Waals surface area contributed by atoms with Crippen molar-refractivity contribution in [2.45, 2.75) is 26.2 Å². The first-order chi connectivity index (χ1) is 9.31. The molecule has 1 heteroatoms. The van der Waals surface area contributed by atoms with Crippen LogP contribution < -0.4 is 0 Å². The summed E-state index contributed by atoms with van der Waals surface area (Å²) in [5, 5.41) is 0. The van der Waals surface area contributed by atoms with Gasteiger partial charge in [0.15, 0.2) is 0 Å². The highest BCUT2D eigenvalue weighted by atomic mass is 14.8. The summed E-state index contributed by atoms with van der Waals surface area (Å²) in [6.45, 7) is 8.24. The number of allylic oxidation sites excluding steroid dienone is 3. The topological polar surface area (TPSA) is 12.4 Å². The first-order valence-corrected chi connectivity index (χ1v) is 6.83. The van der Waals surface area contributed by atoms with Crippen molar-refractivity contribution in [2.24, 2.45) is 10.9 Å². The minimum atomic E-state index is 0.666. The van der Waals surface area contributed by atoms with Gasteiger partial charge in [0.2, 0.25) is 0 Å². The van der Waals surface area contributed by atoms with Crippen molar-refractivity contribution in [1.29, 1.82) is 0 Å². The molecule has 1 nitrogen and oxygen atoms in total. The number of rotatable bonds is 1. The predicted molar refractivity (Wildman–Crippen MR) is 83.5 cm³/mol. The van der Waals surface area contributed by atoms with E-state index in [2.05, 4.69) is 62.6 Å². The Morgan fingerprint density at radius 1 is 1.11 bits per heavy atom. The van der Waals surface area contributed by atoms with Gasteiger partial charge in [0.1, 0.15) is 0 Å². The fourth-order valence-electron chi connectivity index (χ4n) is 2.47. The first-order valence-electron chi connectivity index (χ1n) is 6.83. The van der Waals surface area contributed by atoms with E-state index in [0.717, 1.165) is 25.0 Å². The molecule has 0 aromatic heterocycles. The van der Waals surface area contributed by atoms with Crippen molar-refractivity contribution in [3.05, 3.63) is 72.5 Å². The first kappa shape index (κ1) is 13.5. The van der Waals surface area contributed by atoms with Gasteiger partial charge in [-0.15, -0.1) is 13.2 Å². The molecule has 2 aliphatic rings. The molecular weight excluding hydrogens is 230 g/mol. The summed E-state index contributed by atoms with van der Waals surface area (Å²) in [7, 11) is 0. The minimum Gasteiger partial charge on any atom is -0.257 e. The lowest BCUT2D eigenvalue weighted by Crippen LogP contribution is -1.99. The summed E-state index contributed by atoms with van der Waals surface area (Å²) in [4.78, 5) is 4.78. The van der Waals surface area contributed by atoms with E-state index in [1.807, 2.05) is 0 Å². The number of aliphatic imine (C=N–C) groups is 1. The molecule has 0 saturated carbocycles. The maximum atomic E-state index is 4.78. The summed E-state index contributed by atoms with van der Waals surface area (Å²) in [5.41, 5.74) is 5.34. The van der Waals surface area contributed by atoms with E-state index in [-0.39, 0.29) is 0 Å². The number of fused-ring (bicyclic) bond motifs is 1. The summed E-state index contributed by atoms with van der Waals surface area (Å²) >= 11 is 0. The lowest BCUT2D eigenvalue weighted by molar-refractivity contribution is 0.730. The van der Waals surface area contributed by atoms with Gasteiger partial charge in [0, 0.05) is 18.6 Å². The molecule has 1 atom stereocenters. The van der Waals surface area contributed by atoms with Crippen LogP contribution in [-0.2, 0) is 12.8 Å². The average Bonchev–Trinajstić information content (AvgIpc) is 2.86. The summed E-state index contributed by atoms with van der Waals surface area (Å²) in [6.07, 6.45) is 9.83. The van der Waals surface area contributed by atoms with Crippen molar-refractivity contribution in [1.82, 2.24) is 0 Å². The molecule has 1 aromatic rings. The molecule has 0 aliphatic heterocycles. The zero-order valence-corrected chi connectivity index (χ0v) is 11.6. The van der Waals surface area contributed by atoms with Gasteiger partial charge in [-0.3, -0.25) is 4.99 Å². The molecule has 0 amide bonds. The molecule has 0 saturated heterocycles. The highest BCUT2D eigenvalue weighted by Crippen LogP contribution is 2.22. The van der Waals surface area contributed by atoms with Gasteiger partial charge in [-0.2, -0.15) is 0 Å². The maximum absolute atomic E-state index is 4.78. The van der Waals surface area contributed by atoms with Crippen LogP contribution in [0.25, 0.3) is 0 Å². The molecule has 0 heterocycles. The second-order valence-electron chi connectivity index (χ2n) is 5.00. The second kappa shape index (κ2) is 6.33. The van der Waals surface area contributed by atoms with Crippen LogP contribution in [0.15, 0.2) is 66.3 Å². The van der Waals surface area contributed by atoms with Crippen LogP contribution in [0.3, 0.4) is 0 Å². The molecular formula is C18H21N. The Bertz CT molecular complexity index is 507.